The first-order chi connectivity index (χ1) is 11.3. The molecule has 24 heavy (non-hydrogen) atoms. The number of carbonyl (C=O) groups excluding carboxylic acids is 1. The number of aromatic nitrogens is 2. The smallest absolute Gasteiger partial charge is 0.242 e. The molecule has 1 aromatic heterocycles. The highest BCUT2D eigenvalue weighted by molar-refractivity contribution is 6.29. The molecule has 1 heterocycles. The van der Waals surface area contributed by atoms with Crippen LogP contribution in [0.1, 0.15) is 25.0 Å². The Morgan fingerprint density at radius 2 is 2.25 bits per heavy atom. The number of halogens is 1. The van der Waals surface area contributed by atoms with Crippen molar-refractivity contribution in [1.29, 1.82) is 5.26 Å². The van der Waals surface area contributed by atoms with Gasteiger partial charge in [-0.05, 0) is 31.5 Å². The Labute approximate surface area is 145 Å². The highest BCUT2D eigenvalue weighted by Crippen LogP contribution is 2.19. The number of hydrogen-bond donors (Lipinski definition) is 1. The summed E-state index contributed by atoms with van der Waals surface area (Å²) in [7, 11) is 0. The van der Waals surface area contributed by atoms with Crippen LogP contribution in [0.2, 0.25) is 0 Å². The number of benzene rings is 1. The lowest BCUT2D eigenvalue weighted by Gasteiger charge is -2.20. The zero-order chi connectivity index (χ0) is 17.7. The van der Waals surface area contributed by atoms with E-state index in [1.165, 1.54) is 4.90 Å². The summed E-state index contributed by atoms with van der Waals surface area (Å²) in [5.41, 5.74) is 1.03. The number of alkyl halides is 1. The average Bonchev–Trinajstić information content (AvgIpc) is 2.98. The molecule has 0 atom stereocenters. The number of nitriles is 1. The largest absolute Gasteiger partial charge is 0.389 e. The molecule has 0 saturated carbocycles. The first-order valence-electron chi connectivity index (χ1n) is 7.42. The van der Waals surface area contributed by atoms with Crippen molar-refractivity contribution >= 4 is 23.2 Å². The molecule has 126 valence electrons. The standard InChI is InChI=1S/C17H19ClN4O2/c1-17(2,24)12-21-11-15(9-20-21)22(16(23)7-18)10-14-5-3-4-13(6-14)8-19/h3-6,9,11,24H,7,10,12H2,1-2H3. The van der Waals surface area contributed by atoms with Crippen LogP contribution >= 0.6 is 11.6 Å². The number of nitrogens with zero attached hydrogens (tertiary/aromatic N) is 4. The van der Waals surface area contributed by atoms with Gasteiger partial charge in [0.25, 0.3) is 0 Å². The number of rotatable bonds is 6. The van der Waals surface area contributed by atoms with E-state index in [1.54, 1.807) is 49.1 Å². The van der Waals surface area contributed by atoms with Gasteiger partial charge in [-0.2, -0.15) is 10.4 Å². The lowest BCUT2D eigenvalue weighted by Crippen LogP contribution is -2.31. The fourth-order valence-electron chi connectivity index (χ4n) is 2.29. The van der Waals surface area contributed by atoms with E-state index in [0.29, 0.717) is 17.8 Å². The molecular weight excluding hydrogens is 328 g/mol. The van der Waals surface area contributed by atoms with Crippen molar-refractivity contribution in [3.63, 3.8) is 0 Å². The maximum atomic E-state index is 12.2. The van der Waals surface area contributed by atoms with E-state index in [4.69, 9.17) is 16.9 Å². The second kappa shape index (κ2) is 7.47. The molecule has 0 aliphatic heterocycles. The van der Waals surface area contributed by atoms with Crippen molar-refractivity contribution in [3.8, 4) is 6.07 Å². The SMILES string of the molecule is CC(C)(O)Cn1cc(N(Cc2cccc(C#N)c2)C(=O)CCl)cn1. The molecule has 0 radical (unpaired) electrons. The van der Waals surface area contributed by atoms with E-state index >= 15 is 0 Å². The van der Waals surface area contributed by atoms with Crippen LogP contribution in [0.4, 0.5) is 5.69 Å². The fraction of sp³-hybridized carbons (Fsp3) is 0.353. The average molecular weight is 347 g/mol. The summed E-state index contributed by atoms with van der Waals surface area (Å²) in [6, 6.07) is 9.14. The van der Waals surface area contributed by atoms with E-state index in [2.05, 4.69) is 11.2 Å². The van der Waals surface area contributed by atoms with Crippen molar-refractivity contribution in [2.24, 2.45) is 0 Å². The van der Waals surface area contributed by atoms with Crippen LogP contribution in [0.3, 0.4) is 0 Å². The fourth-order valence-corrected chi connectivity index (χ4v) is 2.44. The van der Waals surface area contributed by atoms with E-state index in [1.807, 2.05) is 6.07 Å². The molecule has 0 fully saturated rings. The number of carbonyl (C=O) groups is 1. The zero-order valence-electron chi connectivity index (χ0n) is 13.6. The zero-order valence-corrected chi connectivity index (χ0v) is 14.4. The third-order valence-corrected chi connectivity index (χ3v) is 3.52. The topological polar surface area (TPSA) is 82.1 Å². The van der Waals surface area contributed by atoms with Gasteiger partial charge in [0, 0.05) is 6.20 Å². The maximum absolute atomic E-state index is 12.2. The molecule has 0 aliphatic rings. The molecule has 7 heteroatoms. The van der Waals surface area contributed by atoms with Crippen molar-refractivity contribution in [2.45, 2.75) is 32.5 Å². The van der Waals surface area contributed by atoms with Gasteiger partial charge in [-0.15, -0.1) is 11.6 Å². The summed E-state index contributed by atoms with van der Waals surface area (Å²) in [6.45, 7) is 3.96. The Balaban J connectivity index is 2.26. The molecule has 1 N–H and O–H groups in total. The molecule has 0 aliphatic carbocycles. The predicted molar refractivity (Wildman–Crippen MR) is 91.6 cm³/mol. The van der Waals surface area contributed by atoms with Crippen LogP contribution in [0.5, 0.6) is 0 Å². The summed E-state index contributed by atoms with van der Waals surface area (Å²) in [6.07, 6.45) is 3.25. The molecule has 2 rings (SSSR count). The Morgan fingerprint density at radius 3 is 2.88 bits per heavy atom. The highest BCUT2D eigenvalue weighted by Gasteiger charge is 2.19. The van der Waals surface area contributed by atoms with Crippen molar-refractivity contribution < 1.29 is 9.90 Å². The highest BCUT2D eigenvalue weighted by atomic mass is 35.5. The number of aliphatic hydroxyl groups is 1. The Bertz CT molecular complexity index is 758. The van der Waals surface area contributed by atoms with E-state index in [0.717, 1.165) is 5.56 Å². The Kier molecular flexibility index (Phi) is 5.60. The first kappa shape index (κ1) is 18.0. The Morgan fingerprint density at radius 1 is 1.50 bits per heavy atom. The number of hydrogen-bond acceptors (Lipinski definition) is 4. The van der Waals surface area contributed by atoms with Gasteiger partial charge in [-0.3, -0.25) is 9.48 Å². The lowest BCUT2D eigenvalue weighted by molar-refractivity contribution is -0.116. The van der Waals surface area contributed by atoms with Crippen molar-refractivity contribution in [1.82, 2.24) is 9.78 Å². The van der Waals surface area contributed by atoms with Crippen LogP contribution in [0.25, 0.3) is 0 Å². The molecule has 2 aromatic rings. The second-order valence-electron chi connectivity index (χ2n) is 6.13. The molecular formula is C17H19ClN4O2. The number of amides is 1. The molecule has 6 nitrogen and oxygen atoms in total. The van der Waals surface area contributed by atoms with Gasteiger partial charge in [0.15, 0.2) is 0 Å². The summed E-state index contributed by atoms with van der Waals surface area (Å²) >= 11 is 5.72. The van der Waals surface area contributed by atoms with Crippen molar-refractivity contribution in [3.05, 3.63) is 47.8 Å². The van der Waals surface area contributed by atoms with Gasteiger partial charge in [0.2, 0.25) is 5.91 Å². The molecule has 1 amide bonds. The normalized spacial score (nSPS) is 11.1. The first-order valence-corrected chi connectivity index (χ1v) is 7.96. The predicted octanol–water partition coefficient (Wildman–Crippen LogP) is 2.30. The van der Waals surface area contributed by atoms with Gasteiger partial charge in [0.1, 0.15) is 5.88 Å². The van der Waals surface area contributed by atoms with Gasteiger partial charge in [-0.25, -0.2) is 0 Å². The minimum absolute atomic E-state index is 0.158. The van der Waals surface area contributed by atoms with E-state index < -0.39 is 5.60 Å². The molecule has 0 saturated heterocycles. The van der Waals surface area contributed by atoms with Crippen molar-refractivity contribution in [2.75, 3.05) is 10.8 Å². The minimum Gasteiger partial charge on any atom is -0.389 e. The Hall–Kier alpha value is -2.36. The molecule has 0 bridgehead atoms. The quantitative estimate of drug-likeness (QED) is 0.813. The number of anilines is 1. The van der Waals surface area contributed by atoms with Gasteiger partial charge >= 0.3 is 0 Å². The van der Waals surface area contributed by atoms with Crippen LogP contribution < -0.4 is 4.90 Å². The third kappa shape index (κ3) is 4.82. The van der Waals surface area contributed by atoms with Crippen LogP contribution in [-0.2, 0) is 17.9 Å². The van der Waals surface area contributed by atoms with Gasteiger partial charge in [-0.1, -0.05) is 12.1 Å². The molecule has 1 aromatic carbocycles. The second-order valence-corrected chi connectivity index (χ2v) is 6.40. The van der Waals surface area contributed by atoms with Crippen LogP contribution in [0, 0.1) is 11.3 Å². The van der Waals surface area contributed by atoms with Gasteiger partial charge < -0.3 is 10.0 Å². The van der Waals surface area contributed by atoms with Gasteiger partial charge in [0.05, 0.1) is 42.2 Å². The lowest BCUT2D eigenvalue weighted by atomic mass is 10.1. The molecule has 0 spiro atoms. The van der Waals surface area contributed by atoms with Crippen LogP contribution in [0.15, 0.2) is 36.7 Å². The summed E-state index contributed by atoms with van der Waals surface area (Å²) in [5.74, 6) is -0.420. The molecule has 0 unspecified atom stereocenters. The van der Waals surface area contributed by atoms with E-state index in [-0.39, 0.29) is 18.3 Å². The summed E-state index contributed by atoms with van der Waals surface area (Å²) < 4.78 is 1.58. The summed E-state index contributed by atoms with van der Waals surface area (Å²) in [4.78, 5) is 13.7. The minimum atomic E-state index is -0.911. The van der Waals surface area contributed by atoms with E-state index in [9.17, 15) is 9.90 Å². The monoisotopic (exact) mass is 346 g/mol. The third-order valence-electron chi connectivity index (χ3n) is 3.29. The summed E-state index contributed by atoms with van der Waals surface area (Å²) in [5, 5.41) is 23.0. The maximum Gasteiger partial charge on any atom is 0.242 e. The van der Waals surface area contributed by atoms with Crippen LogP contribution in [-0.4, -0.2) is 32.3 Å².